The SMILES string of the molecule is COc1ccc(C(=O)OCC(=O)N2CCN(C(C)=O)CC2)cc1F. The molecule has 0 atom stereocenters. The first kappa shape index (κ1) is 17.7. The maximum absolute atomic E-state index is 13.6. The molecule has 1 aliphatic heterocycles. The summed E-state index contributed by atoms with van der Waals surface area (Å²) in [5.74, 6) is -1.83. The molecule has 24 heavy (non-hydrogen) atoms. The van der Waals surface area contributed by atoms with E-state index in [9.17, 15) is 18.8 Å². The topological polar surface area (TPSA) is 76.2 Å². The molecule has 8 heteroatoms. The number of piperazine rings is 1. The minimum atomic E-state index is -0.785. The second kappa shape index (κ2) is 7.76. The molecule has 0 N–H and O–H groups in total. The Hall–Kier alpha value is -2.64. The Kier molecular flexibility index (Phi) is 5.73. The average molecular weight is 338 g/mol. The van der Waals surface area contributed by atoms with Crippen LogP contribution >= 0.6 is 0 Å². The van der Waals surface area contributed by atoms with Gasteiger partial charge in [0.2, 0.25) is 5.91 Å². The fraction of sp³-hybridized carbons (Fsp3) is 0.438. The number of esters is 1. The Morgan fingerprint density at radius 1 is 1.12 bits per heavy atom. The van der Waals surface area contributed by atoms with Gasteiger partial charge in [0, 0.05) is 33.1 Å². The molecule has 0 unspecified atom stereocenters. The van der Waals surface area contributed by atoms with Gasteiger partial charge in [0.05, 0.1) is 12.7 Å². The Morgan fingerprint density at radius 2 is 1.75 bits per heavy atom. The van der Waals surface area contributed by atoms with E-state index in [1.807, 2.05) is 0 Å². The lowest BCUT2D eigenvalue weighted by Gasteiger charge is -2.34. The average Bonchev–Trinajstić information content (AvgIpc) is 2.59. The lowest BCUT2D eigenvalue weighted by atomic mass is 10.2. The first-order chi connectivity index (χ1) is 11.4. The van der Waals surface area contributed by atoms with Gasteiger partial charge in [0.1, 0.15) is 0 Å². The van der Waals surface area contributed by atoms with E-state index >= 15 is 0 Å². The van der Waals surface area contributed by atoms with E-state index in [2.05, 4.69) is 0 Å². The highest BCUT2D eigenvalue weighted by Gasteiger charge is 2.23. The van der Waals surface area contributed by atoms with Gasteiger partial charge in [-0.3, -0.25) is 9.59 Å². The predicted molar refractivity (Wildman–Crippen MR) is 82.1 cm³/mol. The Labute approximate surface area is 138 Å². The van der Waals surface area contributed by atoms with Crippen molar-refractivity contribution in [2.45, 2.75) is 6.92 Å². The number of hydrogen-bond acceptors (Lipinski definition) is 5. The molecule has 1 saturated heterocycles. The number of carbonyl (C=O) groups excluding carboxylic acids is 3. The molecule has 0 aromatic heterocycles. The van der Waals surface area contributed by atoms with Crippen LogP contribution in [0.15, 0.2) is 18.2 Å². The summed E-state index contributed by atoms with van der Waals surface area (Å²) in [5.41, 5.74) is 0.00231. The highest BCUT2D eigenvalue weighted by atomic mass is 19.1. The third-order valence-electron chi connectivity index (χ3n) is 3.79. The molecule has 1 fully saturated rings. The molecule has 0 bridgehead atoms. The van der Waals surface area contributed by atoms with Crippen LogP contribution in [0.1, 0.15) is 17.3 Å². The Balaban J connectivity index is 1.84. The predicted octanol–water partition coefficient (Wildman–Crippen LogP) is 0.682. The quantitative estimate of drug-likeness (QED) is 0.755. The van der Waals surface area contributed by atoms with Crippen LogP contribution in [0.4, 0.5) is 4.39 Å². The van der Waals surface area contributed by atoms with Gasteiger partial charge < -0.3 is 19.3 Å². The van der Waals surface area contributed by atoms with Gasteiger partial charge in [-0.05, 0) is 18.2 Å². The molecule has 2 rings (SSSR count). The fourth-order valence-electron chi connectivity index (χ4n) is 2.37. The number of amides is 2. The number of methoxy groups -OCH3 is 1. The van der Waals surface area contributed by atoms with Crippen LogP contribution in [-0.4, -0.2) is 67.5 Å². The van der Waals surface area contributed by atoms with E-state index in [1.54, 1.807) is 4.90 Å². The lowest BCUT2D eigenvalue weighted by Crippen LogP contribution is -2.51. The second-order valence-electron chi connectivity index (χ2n) is 5.31. The standard InChI is InChI=1S/C16H19FN2O5/c1-11(20)18-5-7-19(8-6-18)15(21)10-24-16(22)12-3-4-14(23-2)13(17)9-12/h3-4,9H,5-8,10H2,1-2H3. The largest absolute Gasteiger partial charge is 0.494 e. The van der Waals surface area contributed by atoms with Crippen LogP contribution in [-0.2, 0) is 14.3 Å². The van der Waals surface area contributed by atoms with Crippen molar-refractivity contribution in [2.75, 3.05) is 39.9 Å². The van der Waals surface area contributed by atoms with Crippen LogP contribution in [0, 0.1) is 5.82 Å². The zero-order valence-electron chi connectivity index (χ0n) is 13.6. The van der Waals surface area contributed by atoms with E-state index in [4.69, 9.17) is 9.47 Å². The third-order valence-corrected chi connectivity index (χ3v) is 3.79. The number of halogens is 1. The number of hydrogen-bond donors (Lipinski definition) is 0. The fourth-order valence-corrected chi connectivity index (χ4v) is 2.37. The van der Waals surface area contributed by atoms with Crippen molar-refractivity contribution in [3.63, 3.8) is 0 Å². The van der Waals surface area contributed by atoms with E-state index in [0.717, 1.165) is 6.07 Å². The van der Waals surface area contributed by atoms with Gasteiger partial charge in [-0.15, -0.1) is 0 Å². The first-order valence-corrected chi connectivity index (χ1v) is 7.46. The highest BCUT2D eigenvalue weighted by Crippen LogP contribution is 2.18. The zero-order chi connectivity index (χ0) is 17.7. The van der Waals surface area contributed by atoms with Crippen molar-refractivity contribution in [3.8, 4) is 5.75 Å². The number of carbonyl (C=O) groups is 3. The third kappa shape index (κ3) is 4.21. The van der Waals surface area contributed by atoms with Crippen LogP contribution in [0.2, 0.25) is 0 Å². The van der Waals surface area contributed by atoms with Gasteiger partial charge in [0.25, 0.3) is 5.91 Å². The molecule has 0 saturated carbocycles. The maximum atomic E-state index is 13.6. The van der Waals surface area contributed by atoms with Crippen molar-refractivity contribution in [1.82, 2.24) is 9.80 Å². The summed E-state index contributed by atoms with van der Waals surface area (Å²) in [4.78, 5) is 38.3. The minimum Gasteiger partial charge on any atom is -0.494 e. The Bertz CT molecular complexity index is 641. The van der Waals surface area contributed by atoms with E-state index in [-0.39, 0.29) is 23.1 Å². The molecular weight excluding hydrogens is 319 g/mol. The maximum Gasteiger partial charge on any atom is 0.338 e. The van der Waals surface area contributed by atoms with Gasteiger partial charge in [-0.1, -0.05) is 0 Å². The van der Waals surface area contributed by atoms with E-state index < -0.39 is 18.4 Å². The molecule has 2 amide bonds. The normalized spacial score (nSPS) is 14.3. The molecule has 1 heterocycles. The first-order valence-electron chi connectivity index (χ1n) is 7.46. The van der Waals surface area contributed by atoms with E-state index in [0.29, 0.717) is 26.2 Å². The van der Waals surface area contributed by atoms with Crippen LogP contribution in [0.25, 0.3) is 0 Å². The molecule has 130 valence electrons. The molecule has 0 aliphatic carbocycles. The van der Waals surface area contributed by atoms with Crippen molar-refractivity contribution in [1.29, 1.82) is 0 Å². The summed E-state index contributed by atoms with van der Waals surface area (Å²) < 4.78 is 23.3. The molecule has 0 radical (unpaired) electrons. The summed E-state index contributed by atoms with van der Waals surface area (Å²) in [6, 6.07) is 3.67. The van der Waals surface area contributed by atoms with Crippen LogP contribution in [0.3, 0.4) is 0 Å². The van der Waals surface area contributed by atoms with Crippen LogP contribution in [0.5, 0.6) is 5.75 Å². The van der Waals surface area contributed by atoms with Gasteiger partial charge in [-0.25, -0.2) is 9.18 Å². The number of ether oxygens (including phenoxy) is 2. The number of rotatable bonds is 4. The molecule has 1 aromatic carbocycles. The van der Waals surface area contributed by atoms with Crippen LogP contribution < -0.4 is 4.74 Å². The van der Waals surface area contributed by atoms with Crippen molar-refractivity contribution in [2.24, 2.45) is 0 Å². The minimum absolute atomic E-state index is 0.00231. The number of nitrogens with zero attached hydrogens (tertiary/aromatic N) is 2. The molecule has 7 nitrogen and oxygen atoms in total. The monoisotopic (exact) mass is 338 g/mol. The van der Waals surface area contributed by atoms with E-state index in [1.165, 1.54) is 31.1 Å². The summed E-state index contributed by atoms with van der Waals surface area (Å²) >= 11 is 0. The molecule has 0 spiro atoms. The van der Waals surface area contributed by atoms with Crippen molar-refractivity contribution < 1.29 is 28.2 Å². The van der Waals surface area contributed by atoms with Crippen molar-refractivity contribution in [3.05, 3.63) is 29.6 Å². The second-order valence-corrected chi connectivity index (χ2v) is 5.31. The summed E-state index contributed by atoms with van der Waals surface area (Å²) in [7, 11) is 1.32. The van der Waals surface area contributed by atoms with Gasteiger partial charge >= 0.3 is 5.97 Å². The molecular formula is C16H19FN2O5. The summed E-state index contributed by atoms with van der Waals surface area (Å²) in [5, 5.41) is 0. The van der Waals surface area contributed by atoms with Gasteiger partial charge in [0.15, 0.2) is 18.2 Å². The van der Waals surface area contributed by atoms with Crippen molar-refractivity contribution >= 4 is 17.8 Å². The summed E-state index contributed by atoms with van der Waals surface area (Å²) in [6.45, 7) is 2.76. The Morgan fingerprint density at radius 3 is 2.29 bits per heavy atom. The molecule has 1 aliphatic rings. The highest BCUT2D eigenvalue weighted by molar-refractivity contribution is 5.91. The van der Waals surface area contributed by atoms with Gasteiger partial charge in [-0.2, -0.15) is 0 Å². The smallest absolute Gasteiger partial charge is 0.338 e. The number of benzene rings is 1. The lowest BCUT2D eigenvalue weighted by molar-refractivity contribution is -0.140. The zero-order valence-corrected chi connectivity index (χ0v) is 13.6. The molecule has 1 aromatic rings. The summed E-state index contributed by atoms with van der Waals surface area (Å²) in [6.07, 6.45) is 0.